The Morgan fingerprint density at radius 1 is 0.939 bits per heavy atom. The fourth-order valence-electron chi connectivity index (χ4n) is 4.79. The van der Waals surface area contributed by atoms with Crippen molar-refractivity contribution in [2.45, 2.75) is 44.2 Å². The number of ether oxygens (including phenoxy) is 1. The summed E-state index contributed by atoms with van der Waals surface area (Å²) >= 11 is 0. The Kier molecular flexibility index (Phi) is 5.60. The first kappa shape index (κ1) is 20.9. The number of benzene rings is 1. The predicted octanol–water partition coefficient (Wildman–Crippen LogP) is 3.71. The average molecular weight is 438 g/mol. The van der Waals surface area contributed by atoms with Gasteiger partial charge in [0.2, 0.25) is 0 Å². The molecule has 0 aliphatic carbocycles. The molecule has 33 heavy (non-hydrogen) atoms. The van der Waals surface area contributed by atoms with Crippen LogP contribution in [0.1, 0.15) is 42.4 Å². The van der Waals surface area contributed by atoms with E-state index in [1.807, 2.05) is 6.07 Å². The SMILES string of the molecule is N#Cc1ccc(-c2ncc(CCN)cn2)c(Oc2cc(N3C4CCC3CC4)ncc2C#N)c1. The first-order valence-electron chi connectivity index (χ1n) is 11.1. The highest BCUT2D eigenvalue weighted by atomic mass is 16.5. The van der Waals surface area contributed by atoms with Gasteiger partial charge in [-0.25, -0.2) is 15.0 Å². The first-order valence-corrected chi connectivity index (χ1v) is 11.1. The Hall–Kier alpha value is -4.01. The number of hydrogen-bond acceptors (Lipinski definition) is 8. The van der Waals surface area contributed by atoms with Crippen molar-refractivity contribution in [2.24, 2.45) is 5.73 Å². The van der Waals surface area contributed by atoms with Gasteiger partial charge in [0.05, 0.1) is 23.4 Å². The highest BCUT2D eigenvalue weighted by Gasteiger charge is 2.40. The molecule has 8 heteroatoms. The van der Waals surface area contributed by atoms with Gasteiger partial charge in [-0.15, -0.1) is 0 Å². The lowest BCUT2D eigenvalue weighted by Gasteiger charge is -2.24. The van der Waals surface area contributed by atoms with Crippen molar-refractivity contribution in [1.29, 1.82) is 10.5 Å². The summed E-state index contributed by atoms with van der Waals surface area (Å²) in [5, 5.41) is 19.1. The van der Waals surface area contributed by atoms with Crippen LogP contribution in [0.3, 0.4) is 0 Å². The van der Waals surface area contributed by atoms with Gasteiger partial charge in [-0.1, -0.05) is 0 Å². The van der Waals surface area contributed by atoms with Crippen LogP contribution in [0.2, 0.25) is 0 Å². The third-order valence-corrected chi connectivity index (χ3v) is 6.40. The van der Waals surface area contributed by atoms with Crippen molar-refractivity contribution in [3.63, 3.8) is 0 Å². The summed E-state index contributed by atoms with van der Waals surface area (Å²) in [6.45, 7) is 0.522. The van der Waals surface area contributed by atoms with Gasteiger partial charge in [0, 0.05) is 30.5 Å². The van der Waals surface area contributed by atoms with Crippen LogP contribution in [0.25, 0.3) is 11.4 Å². The van der Waals surface area contributed by atoms with Gasteiger partial charge in [0.15, 0.2) is 5.82 Å². The van der Waals surface area contributed by atoms with Gasteiger partial charge in [0.25, 0.3) is 0 Å². The van der Waals surface area contributed by atoms with Crippen LogP contribution in [0, 0.1) is 22.7 Å². The molecule has 3 aromatic rings. The molecular formula is C25H23N7O. The van der Waals surface area contributed by atoms with Crippen molar-refractivity contribution in [1.82, 2.24) is 15.0 Å². The maximum atomic E-state index is 9.67. The number of nitriles is 2. The standard InChI is InChI=1S/C25H23N7O/c26-8-7-17-13-30-25(31-14-17)21-6-1-16(11-27)9-23(21)33-22-10-24(29-15-18(22)12-28)32-19-2-3-20(32)5-4-19/h1,6,9-10,13-15,19-20H,2-5,7-8,26H2. The first-order chi connectivity index (χ1) is 16.2. The topological polar surface area (TPSA) is 125 Å². The number of pyridine rings is 1. The van der Waals surface area contributed by atoms with E-state index in [2.05, 4.69) is 32.0 Å². The van der Waals surface area contributed by atoms with Crippen LogP contribution in [0.5, 0.6) is 11.5 Å². The summed E-state index contributed by atoms with van der Waals surface area (Å²) in [5.41, 5.74) is 7.97. The lowest BCUT2D eigenvalue weighted by molar-refractivity contribution is 0.481. The lowest BCUT2D eigenvalue weighted by atomic mass is 10.0. The monoisotopic (exact) mass is 437 g/mol. The maximum Gasteiger partial charge on any atom is 0.162 e. The predicted molar refractivity (Wildman–Crippen MR) is 122 cm³/mol. The molecule has 2 N–H and O–H groups in total. The van der Waals surface area contributed by atoms with E-state index in [4.69, 9.17) is 10.5 Å². The largest absolute Gasteiger partial charge is 0.455 e. The van der Waals surface area contributed by atoms with Gasteiger partial charge in [0.1, 0.15) is 28.9 Å². The molecule has 2 bridgehead atoms. The summed E-state index contributed by atoms with van der Waals surface area (Å²) in [6.07, 6.45) is 10.4. The molecule has 0 saturated carbocycles. The van der Waals surface area contributed by atoms with Gasteiger partial charge in [-0.3, -0.25) is 0 Å². The molecule has 1 aromatic carbocycles. The van der Waals surface area contributed by atoms with Crippen LogP contribution in [-0.2, 0) is 6.42 Å². The van der Waals surface area contributed by atoms with Gasteiger partial charge in [-0.2, -0.15) is 10.5 Å². The molecule has 0 atom stereocenters. The van der Waals surface area contributed by atoms with Crippen LogP contribution in [0.15, 0.2) is 42.9 Å². The fraction of sp³-hybridized carbons (Fsp3) is 0.320. The smallest absolute Gasteiger partial charge is 0.162 e. The summed E-state index contributed by atoms with van der Waals surface area (Å²) in [4.78, 5) is 15.8. The number of aromatic nitrogens is 3. The molecule has 2 aliphatic rings. The van der Waals surface area contributed by atoms with E-state index < -0.39 is 0 Å². The zero-order chi connectivity index (χ0) is 22.8. The molecule has 2 saturated heterocycles. The van der Waals surface area contributed by atoms with E-state index in [0.29, 0.717) is 59.1 Å². The lowest BCUT2D eigenvalue weighted by Crippen LogP contribution is -2.28. The van der Waals surface area contributed by atoms with E-state index in [0.717, 1.165) is 11.4 Å². The minimum atomic E-state index is 0.331. The quantitative estimate of drug-likeness (QED) is 0.619. The molecule has 0 radical (unpaired) electrons. The Morgan fingerprint density at radius 2 is 1.67 bits per heavy atom. The molecule has 2 aromatic heterocycles. The Bertz CT molecular complexity index is 1240. The molecule has 2 aliphatic heterocycles. The summed E-state index contributed by atoms with van der Waals surface area (Å²) in [6, 6.07) is 12.3. The van der Waals surface area contributed by atoms with E-state index in [1.165, 1.54) is 25.7 Å². The van der Waals surface area contributed by atoms with Crippen LogP contribution < -0.4 is 15.4 Å². The molecular weight excluding hydrogens is 414 g/mol. The normalized spacial score (nSPS) is 18.7. The van der Waals surface area contributed by atoms with Crippen LogP contribution in [0.4, 0.5) is 5.82 Å². The highest BCUT2D eigenvalue weighted by Crippen LogP contribution is 2.42. The fourth-order valence-corrected chi connectivity index (χ4v) is 4.79. The molecule has 2 fully saturated rings. The molecule has 164 valence electrons. The average Bonchev–Trinajstić information content (AvgIpc) is 3.45. The molecule has 4 heterocycles. The molecule has 5 rings (SSSR count). The van der Waals surface area contributed by atoms with Crippen molar-refractivity contribution in [3.05, 3.63) is 59.5 Å². The maximum absolute atomic E-state index is 9.67. The molecule has 0 spiro atoms. The Labute approximate surface area is 192 Å². The number of rotatable bonds is 6. The van der Waals surface area contributed by atoms with E-state index in [-0.39, 0.29) is 0 Å². The number of anilines is 1. The van der Waals surface area contributed by atoms with Gasteiger partial charge < -0.3 is 15.4 Å². The molecule has 8 nitrogen and oxygen atoms in total. The summed E-state index contributed by atoms with van der Waals surface area (Å²) < 4.78 is 6.26. The highest BCUT2D eigenvalue weighted by molar-refractivity contribution is 5.67. The van der Waals surface area contributed by atoms with Crippen molar-refractivity contribution in [3.8, 4) is 35.0 Å². The minimum Gasteiger partial charge on any atom is -0.455 e. The van der Waals surface area contributed by atoms with Crippen molar-refractivity contribution < 1.29 is 4.74 Å². The van der Waals surface area contributed by atoms with E-state index in [9.17, 15) is 10.5 Å². The minimum absolute atomic E-state index is 0.331. The zero-order valence-electron chi connectivity index (χ0n) is 18.1. The molecule has 0 amide bonds. The summed E-state index contributed by atoms with van der Waals surface area (Å²) in [5.74, 6) is 2.12. The number of nitrogens with zero attached hydrogens (tertiary/aromatic N) is 6. The number of fused-ring (bicyclic) bond motifs is 2. The van der Waals surface area contributed by atoms with Crippen LogP contribution >= 0.6 is 0 Å². The van der Waals surface area contributed by atoms with E-state index >= 15 is 0 Å². The second kappa shape index (κ2) is 8.85. The van der Waals surface area contributed by atoms with Crippen LogP contribution in [-0.4, -0.2) is 33.6 Å². The third-order valence-electron chi connectivity index (χ3n) is 6.40. The number of hydrogen-bond donors (Lipinski definition) is 1. The van der Waals surface area contributed by atoms with E-state index in [1.54, 1.807) is 36.8 Å². The van der Waals surface area contributed by atoms with Crippen molar-refractivity contribution >= 4 is 5.82 Å². The zero-order valence-corrected chi connectivity index (χ0v) is 18.1. The Morgan fingerprint density at radius 3 is 2.30 bits per heavy atom. The summed E-state index contributed by atoms with van der Waals surface area (Å²) in [7, 11) is 0. The second-order valence-electron chi connectivity index (χ2n) is 8.40. The Balaban J connectivity index is 1.53. The third kappa shape index (κ3) is 3.97. The second-order valence-corrected chi connectivity index (χ2v) is 8.40. The van der Waals surface area contributed by atoms with Gasteiger partial charge in [-0.05, 0) is 62.4 Å². The van der Waals surface area contributed by atoms with Crippen molar-refractivity contribution in [2.75, 3.05) is 11.4 Å². The van der Waals surface area contributed by atoms with Gasteiger partial charge >= 0.3 is 0 Å². The molecule has 0 unspecified atom stereocenters. The number of nitrogens with two attached hydrogens (primary N) is 1.